The van der Waals surface area contributed by atoms with Crippen molar-refractivity contribution in [3.63, 3.8) is 0 Å². The van der Waals surface area contributed by atoms with Crippen LogP contribution in [0.4, 0.5) is 18.9 Å². The molecule has 1 rings (SSSR count). The van der Waals surface area contributed by atoms with Crippen LogP contribution in [-0.2, 0) is 9.53 Å². The lowest BCUT2D eigenvalue weighted by molar-refractivity contribution is -0.142. The summed E-state index contributed by atoms with van der Waals surface area (Å²) in [6.45, 7) is 1.48. The van der Waals surface area contributed by atoms with Gasteiger partial charge < -0.3 is 4.74 Å². The van der Waals surface area contributed by atoms with Crippen LogP contribution in [0.15, 0.2) is 23.3 Å². The number of halogens is 5. The van der Waals surface area contributed by atoms with Crippen molar-refractivity contribution in [2.75, 3.05) is 12.0 Å². The summed E-state index contributed by atoms with van der Waals surface area (Å²) >= 11 is 11.5. The van der Waals surface area contributed by atoms with E-state index in [9.17, 15) is 18.0 Å². The monoisotopic (exact) mass is 342 g/mol. The Morgan fingerprint density at radius 3 is 2.62 bits per heavy atom. The fourth-order valence-corrected chi connectivity index (χ4v) is 1.61. The lowest BCUT2D eigenvalue weighted by Crippen LogP contribution is -2.27. The van der Waals surface area contributed by atoms with E-state index < -0.39 is 24.3 Å². The molecule has 0 aromatic heterocycles. The van der Waals surface area contributed by atoms with Crippen LogP contribution in [0.2, 0.25) is 10.0 Å². The van der Waals surface area contributed by atoms with Crippen molar-refractivity contribution < 1.29 is 22.7 Å². The quantitative estimate of drug-likeness (QED) is 0.493. The van der Waals surface area contributed by atoms with Gasteiger partial charge >= 0.3 is 12.1 Å². The molecule has 0 aliphatic heterocycles. The van der Waals surface area contributed by atoms with Gasteiger partial charge in [-0.1, -0.05) is 29.3 Å². The fraction of sp³-hybridized carbons (Fsp3) is 0.333. The van der Waals surface area contributed by atoms with Gasteiger partial charge in [-0.05, 0) is 19.1 Å². The van der Waals surface area contributed by atoms with Gasteiger partial charge in [0.1, 0.15) is 0 Å². The zero-order chi connectivity index (χ0) is 16.0. The van der Waals surface area contributed by atoms with E-state index >= 15 is 0 Å². The maximum absolute atomic E-state index is 12.8. The normalized spacial score (nSPS) is 12.2. The van der Waals surface area contributed by atoms with Crippen LogP contribution >= 0.6 is 23.2 Å². The number of hydrazone groups is 1. The molecule has 21 heavy (non-hydrogen) atoms. The van der Waals surface area contributed by atoms with Gasteiger partial charge in [-0.2, -0.15) is 18.3 Å². The predicted molar refractivity (Wildman–Crippen MR) is 74.8 cm³/mol. The van der Waals surface area contributed by atoms with Gasteiger partial charge in [0.2, 0.25) is 0 Å². The molecule has 1 aromatic rings. The van der Waals surface area contributed by atoms with Crippen LogP contribution < -0.4 is 5.43 Å². The average molecular weight is 343 g/mol. The second-order valence-electron chi connectivity index (χ2n) is 3.75. The first-order chi connectivity index (χ1) is 9.75. The highest BCUT2D eigenvalue weighted by atomic mass is 35.5. The molecule has 0 bridgehead atoms. The van der Waals surface area contributed by atoms with E-state index in [1.807, 2.05) is 0 Å². The number of carbonyl (C=O) groups excluding carboxylic acids is 1. The summed E-state index contributed by atoms with van der Waals surface area (Å²) in [5.74, 6) is -1.02. The average Bonchev–Trinajstić information content (AvgIpc) is 2.38. The van der Waals surface area contributed by atoms with E-state index in [0.29, 0.717) is 0 Å². The van der Waals surface area contributed by atoms with Gasteiger partial charge in [-0.3, -0.25) is 10.2 Å². The first kappa shape index (κ1) is 17.6. The van der Waals surface area contributed by atoms with Crippen molar-refractivity contribution in [1.82, 2.24) is 0 Å². The lowest BCUT2D eigenvalue weighted by atomic mass is 10.2. The number of ether oxygens (including phenoxy) is 1. The number of benzene rings is 1. The van der Waals surface area contributed by atoms with Gasteiger partial charge in [0.05, 0.1) is 28.8 Å². The Balaban J connectivity index is 2.93. The number of nitrogens with zero attached hydrogens (tertiary/aromatic N) is 1. The molecule has 0 aliphatic carbocycles. The van der Waals surface area contributed by atoms with Crippen LogP contribution in [0.1, 0.15) is 13.3 Å². The molecule has 0 saturated heterocycles. The SMILES string of the molecule is CCOC(=O)C/C(=N\Nc1cccc(Cl)c1Cl)C(F)(F)F. The number of carbonyl (C=O) groups is 1. The molecule has 0 amide bonds. The van der Waals surface area contributed by atoms with Gasteiger partial charge in [-0.25, -0.2) is 0 Å². The molecular weight excluding hydrogens is 332 g/mol. The minimum atomic E-state index is -4.77. The molecule has 0 atom stereocenters. The summed E-state index contributed by atoms with van der Waals surface area (Å²) in [5, 5.41) is 3.38. The van der Waals surface area contributed by atoms with Gasteiger partial charge in [-0.15, -0.1) is 0 Å². The lowest BCUT2D eigenvalue weighted by Gasteiger charge is -2.11. The van der Waals surface area contributed by atoms with Gasteiger partial charge in [0.15, 0.2) is 5.71 Å². The minimum Gasteiger partial charge on any atom is -0.466 e. The van der Waals surface area contributed by atoms with E-state index in [4.69, 9.17) is 23.2 Å². The zero-order valence-corrected chi connectivity index (χ0v) is 12.3. The molecule has 9 heteroatoms. The highest BCUT2D eigenvalue weighted by Crippen LogP contribution is 2.30. The second kappa shape index (κ2) is 7.51. The van der Waals surface area contributed by atoms with Crippen LogP contribution in [-0.4, -0.2) is 24.5 Å². The highest BCUT2D eigenvalue weighted by Gasteiger charge is 2.37. The zero-order valence-electron chi connectivity index (χ0n) is 10.8. The predicted octanol–water partition coefficient (Wildman–Crippen LogP) is 4.28. The van der Waals surface area contributed by atoms with Crippen molar-refractivity contribution in [3.05, 3.63) is 28.2 Å². The number of alkyl halides is 3. The van der Waals surface area contributed by atoms with Crippen molar-refractivity contribution >= 4 is 40.6 Å². The fourth-order valence-electron chi connectivity index (χ4n) is 1.27. The topological polar surface area (TPSA) is 50.7 Å². The highest BCUT2D eigenvalue weighted by molar-refractivity contribution is 6.43. The standard InChI is InChI=1S/C12H11Cl2F3N2O2/c1-2-21-10(20)6-9(12(15,16)17)19-18-8-5-3-4-7(13)11(8)14/h3-5,18H,2,6H2,1H3/b19-9+. The number of anilines is 1. The number of hydrogen-bond acceptors (Lipinski definition) is 4. The third-order valence-corrected chi connectivity index (χ3v) is 3.03. The number of rotatable bonds is 5. The van der Waals surface area contributed by atoms with E-state index in [1.54, 1.807) is 0 Å². The molecule has 0 unspecified atom stereocenters. The molecule has 1 N–H and O–H groups in total. The Hall–Kier alpha value is -1.47. The summed E-state index contributed by atoms with van der Waals surface area (Å²) in [5.41, 5.74) is 0.922. The molecule has 0 fully saturated rings. The minimum absolute atomic E-state index is 0.0163. The maximum Gasteiger partial charge on any atom is 0.431 e. The molecule has 0 radical (unpaired) electrons. The summed E-state index contributed by atoms with van der Waals surface area (Å²) in [6, 6.07) is 4.36. The van der Waals surface area contributed by atoms with Crippen LogP contribution in [0, 0.1) is 0 Å². The van der Waals surface area contributed by atoms with Gasteiger partial charge in [0, 0.05) is 0 Å². The van der Waals surface area contributed by atoms with E-state index in [2.05, 4.69) is 15.3 Å². The van der Waals surface area contributed by atoms with Crippen molar-refractivity contribution in [2.45, 2.75) is 19.5 Å². The van der Waals surface area contributed by atoms with E-state index in [1.165, 1.54) is 25.1 Å². The van der Waals surface area contributed by atoms with Crippen LogP contribution in [0.5, 0.6) is 0 Å². The maximum atomic E-state index is 12.8. The third kappa shape index (κ3) is 5.43. The summed E-state index contributed by atoms with van der Waals surface area (Å²) in [7, 11) is 0. The van der Waals surface area contributed by atoms with Crippen LogP contribution in [0.25, 0.3) is 0 Å². The summed E-state index contributed by atoms with van der Waals surface area (Å²) in [6.07, 6.45) is -5.77. The largest absolute Gasteiger partial charge is 0.466 e. The summed E-state index contributed by atoms with van der Waals surface area (Å²) in [4.78, 5) is 11.2. The van der Waals surface area contributed by atoms with Crippen molar-refractivity contribution in [2.24, 2.45) is 5.10 Å². The first-order valence-electron chi connectivity index (χ1n) is 5.75. The van der Waals surface area contributed by atoms with E-state index in [-0.39, 0.29) is 22.3 Å². The number of nitrogens with one attached hydrogen (secondary N) is 1. The molecule has 0 heterocycles. The Bertz CT molecular complexity index is 548. The Kier molecular flexibility index (Phi) is 6.29. The van der Waals surface area contributed by atoms with E-state index in [0.717, 1.165) is 0 Å². The Labute approximate surface area is 128 Å². The molecule has 116 valence electrons. The Morgan fingerprint density at radius 1 is 1.38 bits per heavy atom. The van der Waals surface area contributed by atoms with Crippen molar-refractivity contribution in [3.8, 4) is 0 Å². The summed E-state index contributed by atoms with van der Waals surface area (Å²) < 4.78 is 42.8. The molecular formula is C12H11Cl2F3N2O2. The third-order valence-electron chi connectivity index (χ3n) is 2.21. The Morgan fingerprint density at radius 2 is 2.05 bits per heavy atom. The molecule has 0 spiro atoms. The molecule has 4 nitrogen and oxygen atoms in total. The number of esters is 1. The molecule has 0 aliphatic rings. The molecule has 0 saturated carbocycles. The smallest absolute Gasteiger partial charge is 0.431 e. The first-order valence-corrected chi connectivity index (χ1v) is 6.50. The molecule has 1 aromatic carbocycles. The van der Waals surface area contributed by atoms with Gasteiger partial charge in [0.25, 0.3) is 0 Å². The van der Waals surface area contributed by atoms with Crippen LogP contribution in [0.3, 0.4) is 0 Å². The second-order valence-corrected chi connectivity index (χ2v) is 4.54. The van der Waals surface area contributed by atoms with Crippen molar-refractivity contribution in [1.29, 1.82) is 0 Å². The number of hydrogen-bond donors (Lipinski definition) is 1.